The van der Waals surface area contributed by atoms with Crippen LogP contribution in [0.25, 0.3) is 21.9 Å². The van der Waals surface area contributed by atoms with Crippen LogP contribution in [-0.4, -0.2) is 67.3 Å². The van der Waals surface area contributed by atoms with E-state index in [1.807, 2.05) is 55.5 Å². The fourth-order valence-corrected chi connectivity index (χ4v) is 4.61. The lowest BCUT2D eigenvalue weighted by molar-refractivity contribution is -0.277. The molecule has 0 radical (unpaired) electrons. The van der Waals surface area contributed by atoms with Gasteiger partial charge in [0.05, 0.1) is 13.2 Å². The van der Waals surface area contributed by atoms with E-state index in [-0.39, 0.29) is 5.56 Å². The number of nitrogens with zero attached hydrogens (tertiary/aromatic N) is 2. The number of ether oxygens (including phenoxy) is 2. The first-order chi connectivity index (χ1) is 17.9. The molecule has 1 aliphatic heterocycles. The number of aliphatic hydroxyl groups is 4. The average molecular weight is 505 g/mol. The quantitative estimate of drug-likeness (QED) is 0.311. The number of fused-ring (bicyclic) bond motifs is 1. The van der Waals surface area contributed by atoms with Crippen LogP contribution in [0.2, 0.25) is 0 Å². The molecule has 2 aromatic carbocycles. The third kappa shape index (κ3) is 4.87. The molecule has 0 bridgehead atoms. The summed E-state index contributed by atoms with van der Waals surface area (Å²) in [7, 11) is 0. The van der Waals surface area contributed by atoms with Crippen LogP contribution >= 0.6 is 0 Å². The van der Waals surface area contributed by atoms with Crippen molar-refractivity contribution >= 4 is 10.8 Å². The molecule has 4 N–H and O–H groups in total. The minimum Gasteiger partial charge on any atom is -0.462 e. The molecule has 0 amide bonds. The van der Waals surface area contributed by atoms with Gasteiger partial charge in [0.1, 0.15) is 30.2 Å². The van der Waals surface area contributed by atoms with Crippen molar-refractivity contribution in [2.75, 3.05) is 6.61 Å². The van der Waals surface area contributed by atoms with Gasteiger partial charge in [-0.3, -0.25) is 9.78 Å². The summed E-state index contributed by atoms with van der Waals surface area (Å²) in [6, 6.07) is 16.7. The second-order valence-electron chi connectivity index (χ2n) is 9.16. The third-order valence-corrected chi connectivity index (χ3v) is 6.71. The van der Waals surface area contributed by atoms with Gasteiger partial charge in [0, 0.05) is 24.0 Å². The Bertz CT molecular complexity index is 1470. The maximum atomic E-state index is 13.0. The SMILES string of the molecule is Cc1cc(-c2ccncc2Cn2ccc3ccccc3c2=O)ccc1O[C@H]1O[C@@H](CO)[C@@H](O)[C@H](O)[C@H]1O. The fourth-order valence-electron chi connectivity index (χ4n) is 4.61. The summed E-state index contributed by atoms with van der Waals surface area (Å²) in [6.45, 7) is 1.64. The Balaban J connectivity index is 1.41. The molecule has 37 heavy (non-hydrogen) atoms. The van der Waals surface area contributed by atoms with Crippen molar-refractivity contribution < 1.29 is 29.9 Å². The number of hydrogen-bond acceptors (Lipinski definition) is 8. The molecule has 5 atom stereocenters. The Hall–Kier alpha value is -3.60. The first kappa shape index (κ1) is 25.1. The predicted molar refractivity (Wildman–Crippen MR) is 136 cm³/mol. The fraction of sp³-hybridized carbons (Fsp3) is 0.286. The van der Waals surface area contributed by atoms with E-state index in [1.165, 1.54) is 0 Å². The van der Waals surface area contributed by atoms with Crippen LogP contribution in [-0.2, 0) is 11.3 Å². The summed E-state index contributed by atoms with van der Waals surface area (Å²) >= 11 is 0. The van der Waals surface area contributed by atoms with Crippen LogP contribution in [0.1, 0.15) is 11.1 Å². The van der Waals surface area contributed by atoms with E-state index in [2.05, 4.69) is 4.98 Å². The standard InChI is InChI=1S/C28H28N2O7/c1-16-12-18(6-7-22(16)36-28-26(34)25(33)24(32)23(15-31)37-28)20-8-10-29-13-19(20)14-30-11-9-17-4-2-3-5-21(17)27(30)35/h2-13,23-26,28,31-34H,14-15H2,1H3/t23-,24+,25-,26+,28-/m0/s1. The third-order valence-electron chi connectivity index (χ3n) is 6.71. The maximum Gasteiger partial charge on any atom is 0.258 e. The van der Waals surface area contributed by atoms with Crippen LogP contribution in [0.5, 0.6) is 5.75 Å². The second-order valence-corrected chi connectivity index (χ2v) is 9.16. The molecule has 192 valence electrons. The average Bonchev–Trinajstić information content (AvgIpc) is 2.92. The van der Waals surface area contributed by atoms with E-state index in [0.717, 1.165) is 27.6 Å². The number of benzene rings is 2. The summed E-state index contributed by atoms with van der Waals surface area (Å²) < 4.78 is 12.9. The summed E-state index contributed by atoms with van der Waals surface area (Å²) in [5, 5.41) is 41.3. The molecule has 4 aromatic rings. The van der Waals surface area contributed by atoms with Crippen LogP contribution in [0.3, 0.4) is 0 Å². The van der Waals surface area contributed by atoms with Crippen molar-refractivity contribution in [3.63, 3.8) is 0 Å². The van der Waals surface area contributed by atoms with Crippen LogP contribution in [0, 0.1) is 6.92 Å². The molecule has 0 unspecified atom stereocenters. The highest BCUT2D eigenvalue weighted by molar-refractivity contribution is 5.81. The number of aliphatic hydroxyl groups excluding tert-OH is 4. The topological polar surface area (TPSA) is 134 Å². The number of hydrogen-bond donors (Lipinski definition) is 4. The van der Waals surface area contributed by atoms with Crippen molar-refractivity contribution in [1.82, 2.24) is 9.55 Å². The molecule has 9 heteroatoms. The molecular weight excluding hydrogens is 476 g/mol. The maximum absolute atomic E-state index is 13.0. The van der Waals surface area contributed by atoms with Crippen molar-refractivity contribution in [2.45, 2.75) is 44.2 Å². The number of aryl methyl sites for hydroxylation is 1. The van der Waals surface area contributed by atoms with Gasteiger partial charge in [-0.25, -0.2) is 0 Å². The van der Waals surface area contributed by atoms with Gasteiger partial charge in [-0.15, -0.1) is 0 Å². The van der Waals surface area contributed by atoms with Gasteiger partial charge in [0.2, 0.25) is 6.29 Å². The predicted octanol–water partition coefficient (Wildman–Crippen LogP) is 1.60. The van der Waals surface area contributed by atoms with Crippen molar-refractivity contribution in [1.29, 1.82) is 0 Å². The Kier molecular flexibility index (Phi) is 7.05. The zero-order valence-corrected chi connectivity index (χ0v) is 20.1. The highest BCUT2D eigenvalue weighted by Gasteiger charge is 2.44. The number of aromatic nitrogens is 2. The van der Waals surface area contributed by atoms with Gasteiger partial charge in [0.15, 0.2) is 0 Å². The van der Waals surface area contributed by atoms with Crippen LogP contribution < -0.4 is 10.3 Å². The smallest absolute Gasteiger partial charge is 0.258 e. The molecular formula is C28H28N2O7. The largest absolute Gasteiger partial charge is 0.462 e. The second kappa shape index (κ2) is 10.4. The first-order valence-electron chi connectivity index (χ1n) is 12.0. The Labute approximate surface area is 212 Å². The number of rotatable bonds is 6. The highest BCUT2D eigenvalue weighted by Crippen LogP contribution is 2.31. The van der Waals surface area contributed by atoms with Crippen LogP contribution in [0.15, 0.2) is 78.0 Å². The Morgan fingerprint density at radius 1 is 1.03 bits per heavy atom. The van der Waals surface area contributed by atoms with E-state index >= 15 is 0 Å². The zero-order chi connectivity index (χ0) is 26.1. The summed E-state index contributed by atoms with van der Waals surface area (Å²) in [4.78, 5) is 17.3. The first-order valence-corrected chi connectivity index (χ1v) is 12.0. The molecule has 2 aromatic heterocycles. The zero-order valence-electron chi connectivity index (χ0n) is 20.1. The van der Waals surface area contributed by atoms with E-state index in [9.17, 15) is 25.2 Å². The molecule has 1 saturated heterocycles. The van der Waals surface area contributed by atoms with E-state index in [4.69, 9.17) is 9.47 Å². The van der Waals surface area contributed by atoms with Gasteiger partial charge in [-0.1, -0.05) is 24.3 Å². The molecule has 0 spiro atoms. The lowest BCUT2D eigenvalue weighted by Gasteiger charge is -2.39. The Morgan fingerprint density at radius 2 is 1.84 bits per heavy atom. The van der Waals surface area contributed by atoms with Gasteiger partial charge in [-0.05, 0) is 64.9 Å². The molecule has 5 rings (SSSR count). The van der Waals surface area contributed by atoms with E-state index < -0.39 is 37.3 Å². The minimum absolute atomic E-state index is 0.0765. The molecule has 9 nitrogen and oxygen atoms in total. The molecule has 0 aliphatic carbocycles. The van der Waals surface area contributed by atoms with Crippen molar-refractivity contribution in [3.05, 3.63) is 94.7 Å². The monoisotopic (exact) mass is 504 g/mol. The van der Waals surface area contributed by atoms with Crippen LogP contribution in [0.4, 0.5) is 0 Å². The lowest BCUT2D eigenvalue weighted by Crippen LogP contribution is -2.60. The van der Waals surface area contributed by atoms with E-state index in [0.29, 0.717) is 17.7 Å². The highest BCUT2D eigenvalue weighted by atomic mass is 16.7. The minimum atomic E-state index is -1.52. The molecule has 1 aliphatic rings. The van der Waals surface area contributed by atoms with Gasteiger partial charge >= 0.3 is 0 Å². The van der Waals surface area contributed by atoms with Crippen molar-refractivity contribution in [2.24, 2.45) is 0 Å². The lowest BCUT2D eigenvalue weighted by atomic mass is 9.98. The van der Waals surface area contributed by atoms with Gasteiger partial charge < -0.3 is 34.5 Å². The van der Waals surface area contributed by atoms with Crippen molar-refractivity contribution in [3.8, 4) is 16.9 Å². The van der Waals surface area contributed by atoms with E-state index in [1.54, 1.807) is 29.2 Å². The summed E-state index contributed by atoms with van der Waals surface area (Å²) in [5.74, 6) is 0.412. The van der Waals surface area contributed by atoms with Gasteiger partial charge in [-0.2, -0.15) is 0 Å². The Morgan fingerprint density at radius 3 is 2.62 bits per heavy atom. The molecule has 1 fully saturated rings. The summed E-state index contributed by atoms with van der Waals surface area (Å²) in [5.41, 5.74) is 3.30. The molecule has 0 saturated carbocycles. The molecule has 3 heterocycles. The normalized spacial score (nSPS) is 23.8. The summed E-state index contributed by atoms with van der Waals surface area (Å²) in [6.07, 6.45) is -1.58. The van der Waals surface area contributed by atoms with Gasteiger partial charge in [0.25, 0.3) is 5.56 Å². The number of pyridine rings is 2.